The number of amides is 2. The molecule has 7 nitrogen and oxygen atoms in total. The first kappa shape index (κ1) is 23.1. The SMILES string of the molecule is CCC(=O)N(CC(=O)Nc1nc(-c2ccccc2)cn1-c1ccc(OC)cc1)CC(C)C. The first-order valence-corrected chi connectivity index (χ1v) is 10.8. The Hall–Kier alpha value is -3.61. The van der Waals surface area contributed by atoms with Crippen LogP contribution in [0, 0.1) is 5.92 Å². The van der Waals surface area contributed by atoms with Crippen molar-refractivity contribution >= 4 is 17.8 Å². The molecule has 0 saturated heterocycles. The predicted molar refractivity (Wildman–Crippen MR) is 126 cm³/mol. The Morgan fingerprint density at radius 3 is 2.38 bits per heavy atom. The van der Waals surface area contributed by atoms with Gasteiger partial charge in [0, 0.05) is 30.4 Å². The van der Waals surface area contributed by atoms with Crippen LogP contribution in [0.25, 0.3) is 16.9 Å². The van der Waals surface area contributed by atoms with E-state index in [1.165, 1.54) is 0 Å². The summed E-state index contributed by atoms with van der Waals surface area (Å²) in [7, 11) is 1.62. The Morgan fingerprint density at radius 1 is 1.09 bits per heavy atom. The summed E-state index contributed by atoms with van der Waals surface area (Å²) in [5.74, 6) is 1.08. The lowest BCUT2D eigenvalue weighted by Gasteiger charge is -2.23. The molecule has 0 radical (unpaired) electrons. The Labute approximate surface area is 189 Å². The number of methoxy groups -OCH3 is 1. The zero-order valence-corrected chi connectivity index (χ0v) is 19.0. The molecule has 2 aromatic carbocycles. The van der Waals surface area contributed by atoms with Crippen LogP contribution in [0.5, 0.6) is 5.75 Å². The molecule has 0 aliphatic rings. The molecule has 2 amide bonds. The molecule has 1 aromatic heterocycles. The van der Waals surface area contributed by atoms with E-state index in [1.54, 1.807) is 18.9 Å². The van der Waals surface area contributed by atoms with E-state index >= 15 is 0 Å². The fraction of sp³-hybridized carbons (Fsp3) is 0.320. The fourth-order valence-corrected chi connectivity index (χ4v) is 3.41. The Kier molecular flexibility index (Phi) is 7.65. The molecule has 0 bridgehead atoms. The summed E-state index contributed by atoms with van der Waals surface area (Å²) < 4.78 is 7.08. The van der Waals surface area contributed by atoms with Crippen LogP contribution < -0.4 is 10.1 Å². The van der Waals surface area contributed by atoms with Crippen molar-refractivity contribution in [1.82, 2.24) is 14.5 Å². The molecule has 3 aromatic rings. The minimum absolute atomic E-state index is 0.0129. The van der Waals surface area contributed by atoms with Crippen LogP contribution in [0.15, 0.2) is 60.8 Å². The molecule has 0 unspecified atom stereocenters. The van der Waals surface area contributed by atoms with Crippen molar-refractivity contribution in [1.29, 1.82) is 0 Å². The van der Waals surface area contributed by atoms with Crippen LogP contribution in [0.2, 0.25) is 0 Å². The van der Waals surface area contributed by atoms with Crippen LogP contribution in [0.3, 0.4) is 0 Å². The second-order valence-electron chi connectivity index (χ2n) is 7.95. The molecule has 0 saturated carbocycles. The van der Waals surface area contributed by atoms with Gasteiger partial charge in [-0.25, -0.2) is 4.98 Å². The predicted octanol–water partition coefficient (Wildman–Crippen LogP) is 4.38. The molecule has 0 atom stereocenters. The lowest BCUT2D eigenvalue weighted by atomic mass is 10.2. The van der Waals surface area contributed by atoms with Crippen molar-refractivity contribution in [2.75, 3.05) is 25.5 Å². The highest BCUT2D eigenvalue weighted by Gasteiger charge is 2.19. The third-order valence-corrected chi connectivity index (χ3v) is 4.95. The highest BCUT2D eigenvalue weighted by molar-refractivity contribution is 5.93. The number of aromatic nitrogens is 2. The van der Waals surface area contributed by atoms with Gasteiger partial charge in [-0.05, 0) is 30.2 Å². The number of hydrogen-bond donors (Lipinski definition) is 1. The maximum atomic E-state index is 12.9. The summed E-state index contributed by atoms with van der Waals surface area (Å²) in [5, 5.41) is 2.90. The van der Waals surface area contributed by atoms with Gasteiger partial charge in [-0.3, -0.25) is 19.5 Å². The van der Waals surface area contributed by atoms with E-state index in [1.807, 2.05) is 79.2 Å². The zero-order valence-electron chi connectivity index (χ0n) is 19.0. The summed E-state index contributed by atoms with van der Waals surface area (Å²) in [5.41, 5.74) is 2.51. The van der Waals surface area contributed by atoms with Gasteiger partial charge in [0.15, 0.2) is 0 Å². The van der Waals surface area contributed by atoms with Crippen molar-refractivity contribution in [2.24, 2.45) is 5.92 Å². The van der Waals surface area contributed by atoms with E-state index in [-0.39, 0.29) is 24.3 Å². The number of anilines is 1. The maximum absolute atomic E-state index is 12.9. The second kappa shape index (κ2) is 10.6. The zero-order chi connectivity index (χ0) is 23.1. The van der Waals surface area contributed by atoms with Gasteiger partial charge < -0.3 is 9.64 Å². The van der Waals surface area contributed by atoms with E-state index < -0.39 is 0 Å². The van der Waals surface area contributed by atoms with E-state index in [9.17, 15) is 9.59 Å². The average molecular weight is 435 g/mol. The average Bonchev–Trinajstić information content (AvgIpc) is 3.22. The molecule has 0 spiro atoms. The molecule has 0 fully saturated rings. The molecule has 0 aliphatic heterocycles. The van der Waals surface area contributed by atoms with Crippen molar-refractivity contribution in [3.63, 3.8) is 0 Å². The number of hydrogen-bond acceptors (Lipinski definition) is 4. The van der Waals surface area contributed by atoms with Gasteiger partial charge in [0.1, 0.15) is 5.75 Å². The minimum Gasteiger partial charge on any atom is -0.497 e. The van der Waals surface area contributed by atoms with E-state index in [0.29, 0.717) is 18.9 Å². The monoisotopic (exact) mass is 434 g/mol. The lowest BCUT2D eigenvalue weighted by molar-refractivity contribution is -0.134. The summed E-state index contributed by atoms with van der Waals surface area (Å²) in [6.07, 6.45) is 2.24. The normalized spacial score (nSPS) is 10.8. The number of rotatable bonds is 9. The maximum Gasteiger partial charge on any atom is 0.246 e. The molecular formula is C25H30N4O3. The molecule has 1 N–H and O–H groups in total. The van der Waals surface area contributed by atoms with Gasteiger partial charge in [-0.1, -0.05) is 51.1 Å². The van der Waals surface area contributed by atoms with Crippen LogP contribution in [-0.4, -0.2) is 46.5 Å². The standard InChI is InChI=1S/C25H30N4O3/c1-5-24(31)28(15-18(2)3)17-23(30)27-25-26-22(19-9-7-6-8-10-19)16-29(25)20-11-13-21(32-4)14-12-20/h6-14,16,18H,5,15,17H2,1-4H3,(H,26,27,30). The number of carbonyl (C=O) groups excluding carboxylic acids is 2. The first-order valence-electron chi connectivity index (χ1n) is 10.8. The number of imidazole rings is 1. The van der Waals surface area contributed by atoms with Crippen LogP contribution in [-0.2, 0) is 9.59 Å². The fourth-order valence-electron chi connectivity index (χ4n) is 3.41. The first-order chi connectivity index (χ1) is 15.4. The van der Waals surface area contributed by atoms with Gasteiger partial charge in [0.05, 0.1) is 19.3 Å². The lowest BCUT2D eigenvalue weighted by Crippen LogP contribution is -2.40. The second-order valence-corrected chi connectivity index (χ2v) is 7.95. The molecule has 7 heteroatoms. The van der Waals surface area contributed by atoms with Gasteiger partial charge in [0.25, 0.3) is 0 Å². The van der Waals surface area contributed by atoms with Crippen molar-refractivity contribution in [3.05, 3.63) is 60.8 Å². The van der Waals surface area contributed by atoms with Gasteiger partial charge in [-0.15, -0.1) is 0 Å². The molecule has 1 heterocycles. The number of ether oxygens (including phenoxy) is 1. The quantitative estimate of drug-likeness (QED) is 0.542. The number of nitrogens with zero attached hydrogens (tertiary/aromatic N) is 3. The molecular weight excluding hydrogens is 404 g/mol. The number of carbonyl (C=O) groups is 2. The van der Waals surface area contributed by atoms with Gasteiger partial charge >= 0.3 is 0 Å². The number of nitrogens with one attached hydrogen (secondary N) is 1. The summed E-state index contributed by atoms with van der Waals surface area (Å²) >= 11 is 0. The van der Waals surface area contributed by atoms with E-state index in [0.717, 1.165) is 22.7 Å². The highest BCUT2D eigenvalue weighted by atomic mass is 16.5. The van der Waals surface area contributed by atoms with Gasteiger partial charge in [-0.2, -0.15) is 0 Å². The van der Waals surface area contributed by atoms with Crippen molar-refractivity contribution in [3.8, 4) is 22.7 Å². The highest BCUT2D eigenvalue weighted by Crippen LogP contribution is 2.25. The Balaban J connectivity index is 1.90. The summed E-state index contributed by atoms with van der Waals surface area (Å²) in [4.78, 5) is 31.4. The van der Waals surface area contributed by atoms with Crippen molar-refractivity contribution in [2.45, 2.75) is 27.2 Å². The molecule has 32 heavy (non-hydrogen) atoms. The smallest absolute Gasteiger partial charge is 0.246 e. The largest absolute Gasteiger partial charge is 0.497 e. The van der Waals surface area contributed by atoms with E-state index in [4.69, 9.17) is 4.74 Å². The van der Waals surface area contributed by atoms with Gasteiger partial charge in [0.2, 0.25) is 17.8 Å². The van der Waals surface area contributed by atoms with Crippen LogP contribution >= 0.6 is 0 Å². The summed E-state index contributed by atoms with van der Waals surface area (Å²) in [6.45, 7) is 6.37. The molecule has 3 rings (SSSR count). The number of benzene rings is 2. The third kappa shape index (κ3) is 5.75. The Bertz CT molecular complexity index is 1040. The van der Waals surface area contributed by atoms with Crippen LogP contribution in [0.1, 0.15) is 27.2 Å². The topological polar surface area (TPSA) is 76.5 Å². The Morgan fingerprint density at radius 2 is 1.78 bits per heavy atom. The summed E-state index contributed by atoms with van der Waals surface area (Å²) in [6, 6.07) is 17.3. The van der Waals surface area contributed by atoms with Crippen molar-refractivity contribution < 1.29 is 14.3 Å². The molecule has 0 aliphatic carbocycles. The third-order valence-electron chi connectivity index (χ3n) is 4.95. The minimum atomic E-state index is -0.285. The van der Waals surface area contributed by atoms with Crippen LogP contribution in [0.4, 0.5) is 5.95 Å². The molecule has 168 valence electrons. The van der Waals surface area contributed by atoms with E-state index in [2.05, 4.69) is 10.3 Å².